The van der Waals surface area contributed by atoms with Gasteiger partial charge in [0.05, 0.1) is 0 Å². The molecule has 0 saturated carbocycles. The molecule has 0 fully saturated rings. The fourth-order valence-electron chi connectivity index (χ4n) is 1.42. The molecule has 1 amide bonds. The van der Waals surface area contributed by atoms with Crippen LogP contribution in [0.4, 0.5) is 4.79 Å². The minimum Gasteiger partial charge on any atom is -0.465 e. The summed E-state index contributed by atoms with van der Waals surface area (Å²) in [5.74, 6) is 0. The first-order valence-corrected chi connectivity index (χ1v) is 5.65. The largest absolute Gasteiger partial charge is 0.465 e. The third-order valence-corrected chi connectivity index (χ3v) is 2.68. The molecule has 1 rings (SSSR count). The van der Waals surface area contributed by atoms with Crippen molar-refractivity contribution in [2.75, 3.05) is 0 Å². The van der Waals surface area contributed by atoms with Crippen molar-refractivity contribution < 1.29 is 9.90 Å². The molecular weight excluding hydrogens is 258 g/mol. The summed E-state index contributed by atoms with van der Waals surface area (Å²) in [7, 11) is 0. The molecule has 0 saturated heterocycles. The molecular formula is C11H14BrNO2. The zero-order valence-electron chi connectivity index (χ0n) is 8.53. The van der Waals surface area contributed by atoms with Crippen LogP contribution in [0.3, 0.4) is 0 Å². The maximum absolute atomic E-state index is 10.5. The molecule has 3 nitrogen and oxygen atoms in total. The van der Waals surface area contributed by atoms with Crippen molar-refractivity contribution in [1.29, 1.82) is 0 Å². The quantitative estimate of drug-likeness (QED) is 0.885. The number of halogens is 1. The lowest BCUT2D eigenvalue weighted by atomic mass is 10.0. The predicted octanol–water partition coefficient (Wildman–Crippen LogP) is 3.04. The highest BCUT2D eigenvalue weighted by atomic mass is 79.9. The highest BCUT2D eigenvalue weighted by Gasteiger charge is 2.09. The summed E-state index contributed by atoms with van der Waals surface area (Å²) in [6.45, 7) is 1.97. The first kappa shape index (κ1) is 12.0. The molecule has 2 N–H and O–H groups in total. The Labute approximate surface area is 97.6 Å². The van der Waals surface area contributed by atoms with Gasteiger partial charge >= 0.3 is 6.09 Å². The molecule has 1 unspecified atom stereocenters. The van der Waals surface area contributed by atoms with Crippen LogP contribution in [0.1, 0.15) is 18.9 Å². The number of amides is 1. The molecule has 1 aromatic carbocycles. The fraction of sp³-hybridized carbons (Fsp3) is 0.364. The first-order chi connectivity index (χ1) is 7.11. The van der Waals surface area contributed by atoms with Crippen molar-refractivity contribution in [3.63, 3.8) is 0 Å². The SMILES string of the molecule is CCC(Cc1cccc(Br)c1)NC(=O)O. The van der Waals surface area contributed by atoms with E-state index in [0.717, 1.165) is 22.9 Å². The molecule has 1 aromatic rings. The highest BCUT2D eigenvalue weighted by molar-refractivity contribution is 9.10. The van der Waals surface area contributed by atoms with Gasteiger partial charge in [0.1, 0.15) is 0 Å². The zero-order valence-corrected chi connectivity index (χ0v) is 10.1. The molecule has 0 aliphatic rings. The second kappa shape index (κ2) is 5.75. The summed E-state index contributed by atoms with van der Waals surface area (Å²) >= 11 is 3.39. The van der Waals surface area contributed by atoms with E-state index in [-0.39, 0.29) is 6.04 Å². The number of nitrogens with one attached hydrogen (secondary N) is 1. The van der Waals surface area contributed by atoms with Crippen molar-refractivity contribution >= 4 is 22.0 Å². The van der Waals surface area contributed by atoms with E-state index in [1.54, 1.807) is 0 Å². The number of carbonyl (C=O) groups is 1. The maximum atomic E-state index is 10.5. The predicted molar refractivity (Wildman–Crippen MR) is 63.1 cm³/mol. The molecule has 4 heteroatoms. The van der Waals surface area contributed by atoms with Crippen molar-refractivity contribution in [3.8, 4) is 0 Å². The monoisotopic (exact) mass is 271 g/mol. The molecule has 0 spiro atoms. The van der Waals surface area contributed by atoms with E-state index in [1.165, 1.54) is 0 Å². The third-order valence-electron chi connectivity index (χ3n) is 2.19. The Bertz CT molecular complexity index is 341. The van der Waals surface area contributed by atoms with Gasteiger partial charge in [0.25, 0.3) is 0 Å². The van der Waals surface area contributed by atoms with Crippen molar-refractivity contribution in [3.05, 3.63) is 34.3 Å². The molecule has 0 bridgehead atoms. The van der Waals surface area contributed by atoms with Crippen molar-refractivity contribution in [2.45, 2.75) is 25.8 Å². The topological polar surface area (TPSA) is 49.3 Å². The van der Waals surface area contributed by atoms with Gasteiger partial charge in [0.15, 0.2) is 0 Å². The fourth-order valence-corrected chi connectivity index (χ4v) is 1.87. The van der Waals surface area contributed by atoms with Crippen LogP contribution in [-0.2, 0) is 6.42 Å². The van der Waals surface area contributed by atoms with E-state index < -0.39 is 6.09 Å². The van der Waals surface area contributed by atoms with Gasteiger partial charge in [-0.05, 0) is 30.5 Å². The van der Waals surface area contributed by atoms with Gasteiger partial charge in [0, 0.05) is 10.5 Å². The standard InChI is InChI=1S/C11H14BrNO2/c1-2-10(13-11(14)15)7-8-4-3-5-9(12)6-8/h3-6,10,13H,2,7H2,1H3,(H,14,15). The van der Waals surface area contributed by atoms with E-state index in [1.807, 2.05) is 31.2 Å². The molecule has 0 aliphatic carbocycles. The van der Waals surface area contributed by atoms with Crippen molar-refractivity contribution in [1.82, 2.24) is 5.32 Å². The van der Waals surface area contributed by atoms with Gasteiger partial charge in [-0.2, -0.15) is 0 Å². The minimum absolute atomic E-state index is 0.0169. The van der Waals surface area contributed by atoms with Crippen LogP contribution in [0.15, 0.2) is 28.7 Å². The molecule has 0 radical (unpaired) electrons. The van der Waals surface area contributed by atoms with E-state index in [4.69, 9.17) is 5.11 Å². The first-order valence-electron chi connectivity index (χ1n) is 4.85. The highest BCUT2D eigenvalue weighted by Crippen LogP contribution is 2.13. The average molecular weight is 272 g/mol. The Kier molecular flexibility index (Phi) is 4.62. The van der Waals surface area contributed by atoms with Gasteiger partial charge in [-0.3, -0.25) is 0 Å². The molecule has 15 heavy (non-hydrogen) atoms. The van der Waals surface area contributed by atoms with E-state index >= 15 is 0 Å². The minimum atomic E-state index is -0.961. The smallest absolute Gasteiger partial charge is 0.404 e. The van der Waals surface area contributed by atoms with Crippen LogP contribution in [0.5, 0.6) is 0 Å². The number of hydrogen-bond acceptors (Lipinski definition) is 1. The summed E-state index contributed by atoms with van der Waals surface area (Å²) in [6, 6.07) is 7.89. The van der Waals surface area contributed by atoms with Gasteiger partial charge in [-0.15, -0.1) is 0 Å². The average Bonchev–Trinajstić information content (AvgIpc) is 2.16. The second-order valence-corrected chi connectivity index (χ2v) is 4.30. The van der Waals surface area contributed by atoms with Crippen LogP contribution in [0.2, 0.25) is 0 Å². The third kappa shape index (κ3) is 4.34. The van der Waals surface area contributed by atoms with Crippen LogP contribution in [-0.4, -0.2) is 17.2 Å². The Morgan fingerprint density at radius 2 is 2.33 bits per heavy atom. The maximum Gasteiger partial charge on any atom is 0.404 e. The number of benzene rings is 1. The van der Waals surface area contributed by atoms with Gasteiger partial charge < -0.3 is 10.4 Å². The summed E-state index contributed by atoms with van der Waals surface area (Å²) < 4.78 is 1.02. The van der Waals surface area contributed by atoms with Gasteiger partial charge in [0.2, 0.25) is 0 Å². The molecule has 0 heterocycles. The molecule has 0 aromatic heterocycles. The summed E-state index contributed by atoms with van der Waals surface area (Å²) in [5.41, 5.74) is 1.13. The Morgan fingerprint density at radius 3 is 2.87 bits per heavy atom. The lowest BCUT2D eigenvalue weighted by molar-refractivity contribution is 0.189. The molecule has 1 atom stereocenters. The van der Waals surface area contributed by atoms with E-state index in [9.17, 15) is 4.79 Å². The lowest BCUT2D eigenvalue weighted by Crippen LogP contribution is -2.34. The summed E-state index contributed by atoms with van der Waals surface area (Å²) in [5, 5.41) is 11.1. The second-order valence-electron chi connectivity index (χ2n) is 3.39. The Morgan fingerprint density at radius 1 is 1.60 bits per heavy atom. The van der Waals surface area contributed by atoms with E-state index in [0.29, 0.717) is 0 Å². The van der Waals surface area contributed by atoms with Gasteiger partial charge in [-0.25, -0.2) is 4.79 Å². The number of rotatable bonds is 4. The molecule has 0 aliphatic heterocycles. The van der Waals surface area contributed by atoms with Crippen molar-refractivity contribution in [2.24, 2.45) is 0 Å². The number of hydrogen-bond donors (Lipinski definition) is 2. The van der Waals surface area contributed by atoms with Crippen LogP contribution in [0, 0.1) is 0 Å². The molecule has 82 valence electrons. The zero-order chi connectivity index (χ0) is 11.3. The summed E-state index contributed by atoms with van der Waals surface area (Å²) in [6.07, 6.45) is 0.554. The normalized spacial score (nSPS) is 12.1. The number of carboxylic acid groups (broad SMARTS) is 1. The van der Waals surface area contributed by atoms with Crippen LogP contribution < -0.4 is 5.32 Å². The Hall–Kier alpha value is -1.03. The summed E-state index contributed by atoms with van der Waals surface area (Å²) in [4.78, 5) is 10.5. The van der Waals surface area contributed by atoms with Crippen LogP contribution >= 0.6 is 15.9 Å². The van der Waals surface area contributed by atoms with Crippen LogP contribution in [0.25, 0.3) is 0 Å². The van der Waals surface area contributed by atoms with Gasteiger partial charge in [-0.1, -0.05) is 35.0 Å². The lowest BCUT2D eigenvalue weighted by Gasteiger charge is -2.14. The van der Waals surface area contributed by atoms with E-state index in [2.05, 4.69) is 21.2 Å². The Balaban J connectivity index is 2.62.